The summed E-state index contributed by atoms with van der Waals surface area (Å²) in [6.45, 7) is -0.363. The van der Waals surface area contributed by atoms with Crippen molar-refractivity contribution >= 4 is 23.5 Å². The number of hydrogen-bond donors (Lipinski definition) is 3. The standard InChI is InChI=1S/C24H21N3O4/c28-21(15-17-9-3-1-4-10-17)26-27-22(29)16-25-24(31)20-14-8-7-13-19(20)23(30)18-11-5-2-6-12-18/h1-14H,15-16H2,(H,25,31)(H,26,28)(H,27,29). The molecule has 3 N–H and O–H groups in total. The number of rotatable bonds is 7. The molecule has 0 fully saturated rings. The van der Waals surface area contributed by atoms with Gasteiger partial charge in [-0.25, -0.2) is 0 Å². The molecule has 0 bridgehead atoms. The van der Waals surface area contributed by atoms with Crippen molar-refractivity contribution in [3.8, 4) is 0 Å². The Morgan fingerprint density at radius 1 is 0.613 bits per heavy atom. The average molecular weight is 415 g/mol. The van der Waals surface area contributed by atoms with Crippen LogP contribution in [0.5, 0.6) is 0 Å². The second-order valence-electron chi connectivity index (χ2n) is 6.68. The van der Waals surface area contributed by atoms with Crippen LogP contribution in [0, 0.1) is 0 Å². The summed E-state index contributed by atoms with van der Waals surface area (Å²) >= 11 is 0. The fraction of sp³-hybridized carbons (Fsp3) is 0.0833. The molecule has 3 amide bonds. The lowest BCUT2D eigenvalue weighted by Gasteiger charge is -2.11. The first-order valence-corrected chi connectivity index (χ1v) is 9.63. The number of carbonyl (C=O) groups is 4. The smallest absolute Gasteiger partial charge is 0.257 e. The molecule has 7 nitrogen and oxygen atoms in total. The summed E-state index contributed by atoms with van der Waals surface area (Å²) in [7, 11) is 0. The molecule has 0 aliphatic rings. The number of benzene rings is 3. The molecular weight excluding hydrogens is 394 g/mol. The highest BCUT2D eigenvalue weighted by Crippen LogP contribution is 2.14. The predicted molar refractivity (Wildman–Crippen MR) is 115 cm³/mol. The second kappa shape index (κ2) is 10.5. The van der Waals surface area contributed by atoms with Crippen LogP contribution in [-0.4, -0.2) is 30.0 Å². The van der Waals surface area contributed by atoms with Crippen LogP contribution in [-0.2, 0) is 16.0 Å². The largest absolute Gasteiger partial charge is 0.343 e. The molecule has 3 rings (SSSR count). The van der Waals surface area contributed by atoms with Crippen LogP contribution >= 0.6 is 0 Å². The molecule has 0 aliphatic carbocycles. The molecule has 7 heteroatoms. The zero-order valence-corrected chi connectivity index (χ0v) is 16.6. The van der Waals surface area contributed by atoms with E-state index in [0.29, 0.717) is 5.56 Å². The van der Waals surface area contributed by atoms with Crippen molar-refractivity contribution in [1.29, 1.82) is 0 Å². The third kappa shape index (κ3) is 6.11. The zero-order valence-electron chi connectivity index (χ0n) is 16.6. The number of carbonyl (C=O) groups excluding carboxylic acids is 4. The number of amides is 3. The Labute approximate surface area is 179 Å². The highest BCUT2D eigenvalue weighted by molar-refractivity contribution is 6.15. The highest BCUT2D eigenvalue weighted by Gasteiger charge is 2.18. The number of hydrazine groups is 1. The van der Waals surface area contributed by atoms with E-state index >= 15 is 0 Å². The molecule has 0 spiro atoms. The fourth-order valence-corrected chi connectivity index (χ4v) is 2.89. The van der Waals surface area contributed by atoms with Crippen LogP contribution in [0.2, 0.25) is 0 Å². The molecule has 0 heterocycles. The maximum absolute atomic E-state index is 12.7. The van der Waals surface area contributed by atoms with E-state index in [-0.39, 0.29) is 35.8 Å². The Hall–Kier alpha value is -4.26. The maximum atomic E-state index is 12.7. The first-order chi connectivity index (χ1) is 15.0. The zero-order chi connectivity index (χ0) is 22.1. The predicted octanol–water partition coefficient (Wildman–Crippen LogP) is 2.04. The third-order valence-electron chi connectivity index (χ3n) is 4.41. The minimum absolute atomic E-state index is 0.114. The van der Waals surface area contributed by atoms with Crippen LogP contribution in [0.3, 0.4) is 0 Å². The van der Waals surface area contributed by atoms with E-state index in [1.54, 1.807) is 60.7 Å². The lowest BCUT2D eigenvalue weighted by molar-refractivity contribution is -0.128. The van der Waals surface area contributed by atoms with Crippen LogP contribution in [0.4, 0.5) is 0 Å². The van der Waals surface area contributed by atoms with E-state index < -0.39 is 11.8 Å². The van der Waals surface area contributed by atoms with Gasteiger partial charge in [0.25, 0.3) is 11.8 Å². The van der Waals surface area contributed by atoms with Gasteiger partial charge in [0, 0.05) is 11.1 Å². The van der Waals surface area contributed by atoms with E-state index in [9.17, 15) is 19.2 Å². The van der Waals surface area contributed by atoms with E-state index in [1.807, 2.05) is 18.2 Å². The van der Waals surface area contributed by atoms with Crippen LogP contribution < -0.4 is 16.2 Å². The van der Waals surface area contributed by atoms with Crippen LogP contribution in [0.1, 0.15) is 31.8 Å². The van der Waals surface area contributed by atoms with Gasteiger partial charge >= 0.3 is 0 Å². The topological polar surface area (TPSA) is 104 Å². The monoisotopic (exact) mass is 415 g/mol. The Bertz CT molecular complexity index is 1080. The van der Waals surface area contributed by atoms with Gasteiger partial charge in [0.05, 0.1) is 18.5 Å². The molecule has 0 saturated carbocycles. The SMILES string of the molecule is O=C(CNC(=O)c1ccccc1C(=O)c1ccccc1)NNC(=O)Cc1ccccc1. The summed E-state index contributed by atoms with van der Waals surface area (Å²) < 4.78 is 0. The van der Waals surface area contributed by atoms with Crippen molar-refractivity contribution in [1.82, 2.24) is 16.2 Å². The van der Waals surface area contributed by atoms with Gasteiger partial charge in [-0.2, -0.15) is 0 Å². The fourth-order valence-electron chi connectivity index (χ4n) is 2.89. The van der Waals surface area contributed by atoms with E-state index in [0.717, 1.165) is 5.56 Å². The first-order valence-electron chi connectivity index (χ1n) is 9.63. The summed E-state index contributed by atoms with van der Waals surface area (Å²) in [4.78, 5) is 49.1. The van der Waals surface area contributed by atoms with Crippen molar-refractivity contribution in [3.63, 3.8) is 0 Å². The van der Waals surface area contributed by atoms with Crippen molar-refractivity contribution in [2.45, 2.75) is 6.42 Å². The molecule has 3 aromatic carbocycles. The van der Waals surface area contributed by atoms with Gasteiger partial charge in [-0.3, -0.25) is 30.0 Å². The van der Waals surface area contributed by atoms with Crippen molar-refractivity contribution < 1.29 is 19.2 Å². The van der Waals surface area contributed by atoms with Gasteiger partial charge in [0.2, 0.25) is 5.91 Å². The highest BCUT2D eigenvalue weighted by atomic mass is 16.2. The van der Waals surface area contributed by atoms with Gasteiger partial charge in [-0.1, -0.05) is 78.9 Å². The number of nitrogens with one attached hydrogen (secondary N) is 3. The maximum Gasteiger partial charge on any atom is 0.257 e. The Balaban J connectivity index is 1.53. The average Bonchev–Trinajstić information content (AvgIpc) is 2.82. The molecule has 3 aromatic rings. The minimum Gasteiger partial charge on any atom is -0.343 e. The quantitative estimate of drug-likeness (QED) is 0.406. The Kier molecular flexibility index (Phi) is 7.26. The summed E-state index contributed by atoms with van der Waals surface area (Å²) in [5.74, 6) is -1.83. The van der Waals surface area contributed by atoms with Gasteiger partial charge < -0.3 is 5.32 Å². The Morgan fingerprint density at radius 3 is 1.84 bits per heavy atom. The van der Waals surface area contributed by atoms with Gasteiger partial charge in [0.1, 0.15) is 0 Å². The summed E-state index contributed by atoms with van der Waals surface area (Å²) in [5.41, 5.74) is 6.22. The molecule has 0 saturated heterocycles. The molecule has 0 aromatic heterocycles. The molecule has 0 unspecified atom stereocenters. The molecule has 0 radical (unpaired) electrons. The summed E-state index contributed by atoms with van der Waals surface area (Å²) in [6, 6.07) is 24.1. The summed E-state index contributed by atoms with van der Waals surface area (Å²) in [5, 5.41) is 2.46. The second-order valence-corrected chi connectivity index (χ2v) is 6.68. The van der Waals surface area contributed by atoms with Gasteiger partial charge in [0.15, 0.2) is 5.78 Å². The minimum atomic E-state index is -0.596. The van der Waals surface area contributed by atoms with Gasteiger partial charge in [-0.15, -0.1) is 0 Å². The lowest BCUT2D eigenvalue weighted by Crippen LogP contribution is -2.46. The molecular formula is C24H21N3O4. The lowest BCUT2D eigenvalue weighted by atomic mass is 9.98. The van der Waals surface area contributed by atoms with E-state index in [4.69, 9.17) is 0 Å². The third-order valence-corrected chi connectivity index (χ3v) is 4.41. The molecule has 31 heavy (non-hydrogen) atoms. The number of hydrogen-bond acceptors (Lipinski definition) is 4. The van der Waals surface area contributed by atoms with Crippen molar-refractivity contribution in [2.24, 2.45) is 0 Å². The summed E-state index contributed by atoms with van der Waals surface area (Å²) in [6.07, 6.45) is 0.114. The normalized spacial score (nSPS) is 10.1. The Morgan fingerprint density at radius 2 is 1.16 bits per heavy atom. The molecule has 156 valence electrons. The van der Waals surface area contributed by atoms with Crippen molar-refractivity contribution in [2.75, 3.05) is 6.54 Å². The van der Waals surface area contributed by atoms with E-state index in [2.05, 4.69) is 16.2 Å². The van der Waals surface area contributed by atoms with Crippen LogP contribution in [0.25, 0.3) is 0 Å². The van der Waals surface area contributed by atoms with Crippen LogP contribution in [0.15, 0.2) is 84.9 Å². The molecule has 0 aliphatic heterocycles. The van der Waals surface area contributed by atoms with E-state index in [1.165, 1.54) is 6.07 Å². The molecule has 0 atom stereocenters. The van der Waals surface area contributed by atoms with Crippen molar-refractivity contribution in [3.05, 3.63) is 107 Å². The number of ketones is 1. The first kappa shape index (κ1) is 21.4. The van der Waals surface area contributed by atoms with Gasteiger partial charge in [-0.05, 0) is 11.6 Å².